The predicted molar refractivity (Wildman–Crippen MR) is 249 cm³/mol. The summed E-state index contributed by atoms with van der Waals surface area (Å²) in [5, 5.41) is 0. The number of amides is 2. The maximum Gasteiger partial charge on any atom is 0.410 e. The van der Waals surface area contributed by atoms with E-state index in [0.29, 0.717) is 12.8 Å². The fourth-order valence-electron chi connectivity index (χ4n) is 10.7. The van der Waals surface area contributed by atoms with E-state index in [9.17, 15) is 24.0 Å². The molecule has 4 aliphatic rings. The number of ketones is 1. The van der Waals surface area contributed by atoms with Gasteiger partial charge < -0.3 is 47.9 Å². The Balaban J connectivity index is 1.32. The zero-order valence-corrected chi connectivity index (χ0v) is 41.5. The molecule has 0 aromatic heterocycles. The highest BCUT2D eigenvalue weighted by Crippen LogP contribution is 2.44. The van der Waals surface area contributed by atoms with Crippen LogP contribution in [0.5, 0.6) is 0 Å². The molecule has 2 amide bonds. The van der Waals surface area contributed by atoms with Crippen molar-refractivity contribution in [3.8, 4) is 0 Å². The average molecular weight is 934 g/mol. The van der Waals surface area contributed by atoms with E-state index in [4.69, 9.17) is 33.2 Å². The Bertz CT molecular complexity index is 2000. The summed E-state index contributed by atoms with van der Waals surface area (Å²) in [6, 6.07) is 18.4. The summed E-state index contributed by atoms with van der Waals surface area (Å²) in [5.74, 6) is -4.84. The zero-order valence-electron chi connectivity index (χ0n) is 41.5. The van der Waals surface area contributed by atoms with E-state index >= 15 is 0 Å². The molecular weight excluding hydrogens is 859 g/mol. The average Bonchev–Trinajstić information content (AvgIpc) is 4.11. The minimum absolute atomic E-state index is 0.0123. The molecule has 2 aromatic carbocycles. The summed E-state index contributed by atoms with van der Waals surface area (Å²) in [6.07, 6.45) is -1.22. The van der Waals surface area contributed by atoms with Gasteiger partial charge in [0.25, 0.3) is 0 Å². The van der Waals surface area contributed by atoms with E-state index in [2.05, 4.69) is 11.8 Å². The lowest BCUT2D eigenvalue weighted by atomic mass is 9.77. The molecule has 4 fully saturated rings. The molecule has 13 atom stereocenters. The molecule has 0 bridgehead atoms. The third kappa shape index (κ3) is 12.2. The van der Waals surface area contributed by atoms with Gasteiger partial charge in [-0.1, -0.05) is 88.4 Å². The molecule has 67 heavy (non-hydrogen) atoms. The van der Waals surface area contributed by atoms with Gasteiger partial charge in [-0.25, -0.2) is 9.59 Å². The van der Waals surface area contributed by atoms with Gasteiger partial charge >= 0.3 is 24.1 Å². The first-order valence-corrected chi connectivity index (χ1v) is 24.2. The van der Waals surface area contributed by atoms with Crippen LogP contribution in [0.15, 0.2) is 60.7 Å². The van der Waals surface area contributed by atoms with E-state index in [1.807, 2.05) is 102 Å². The van der Waals surface area contributed by atoms with Crippen LogP contribution in [0.25, 0.3) is 0 Å². The SMILES string of the molecule is CC[C@H]1OC(=O)C(C)C(=O)[C@H](C)[C@@H](O[C@@H]2O[C@H](CN(C(=O)OCc3ccccc3)C3CC3)CC(N(C)C)[C@H]2C)[C@](C)(OC)C[C@@H](C)CN(C(=O)OCc2ccccc2)[C@H](C)[C@H]2CC(=O)O[C@@]21C. The minimum Gasteiger partial charge on any atom is -0.458 e. The minimum atomic E-state index is -1.31. The van der Waals surface area contributed by atoms with Crippen molar-refractivity contribution in [1.29, 1.82) is 0 Å². The lowest BCUT2D eigenvalue weighted by molar-refractivity contribution is -0.284. The Morgan fingerprint density at radius 1 is 0.881 bits per heavy atom. The molecule has 3 heterocycles. The third-order valence-electron chi connectivity index (χ3n) is 14.9. The lowest BCUT2D eigenvalue weighted by Gasteiger charge is -2.48. The molecule has 2 unspecified atom stereocenters. The smallest absolute Gasteiger partial charge is 0.410 e. The molecule has 3 aliphatic heterocycles. The van der Waals surface area contributed by atoms with Gasteiger partial charge in [-0.05, 0) is 90.9 Å². The summed E-state index contributed by atoms with van der Waals surface area (Å²) >= 11 is 0. The van der Waals surface area contributed by atoms with Crippen LogP contribution >= 0.6 is 0 Å². The van der Waals surface area contributed by atoms with E-state index < -0.39 is 89.5 Å². The van der Waals surface area contributed by atoms with Crippen molar-refractivity contribution in [1.82, 2.24) is 14.7 Å². The number of carbonyl (C=O) groups is 5. The van der Waals surface area contributed by atoms with Gasteiger partial charge in [0.2, 0.25) is 0 Å². The van der Waals surface area contributed by atoms with Crippen molar-refractivity contribution < 1.29 is 57.1 Å². The van der Waals surface area contributed by atoms with Crippen LogP contribution in [0.1, 0.15) is 105 Å². The van der Waals surface area contributed by atoms with E-state index in [0.717, 1.165) is 24.0 Å². The monoisotopic (exact) mass is 934 g/mol. The first-order valence-electron chi connectivity index (χ1n) is 24.2. The number of cyclic esters (lactones) is 1. The van der Waals surface area contributed by atoms with Crippen LogP contribution in [-0.4, -0.2) is 133 Å². The van der Waals surface area contributed by atoms with Crippen LogP contribution in [-0.2, 0) is 60.8 Å². The summed E-state index contributed by atoms with van der Waals surface area (Å²) in [5.41, 5.74) is -0.781. The van der Waals surface area contributed by atoms with Gasteiger partial charge in [0, 0.05) is 49.5 Å². The molecule has 1 aliphatic carbocycles. The van der Waals surface area contributed by atoms with Gasteiger partial charge in [-0.2, -0.15) is 0 Å². The number of carbonyl (C=O) groups excluding carboxylic acids is 5. The van der Waals surface area contributed by atoms with E-state index in [-0.39, 0.29) is 63.1 Å². The highest BCUT2D eigenvalue weighted by molar-refractivity contribution is 6.00. The van der Waals surface area contributed by atoms with Gasteiger partial charge in [-0.15, -0.1) is 0 Å². The molecule has 0 radical (unpaired) electrons. The van der Waals surface area contributed by atoms with Gasteiger partial charge in [-0.3, -0.25) is 14.4 Å². The summed E-state index contributed by atoms with van der Waals surface area (Å²) in [4.78, 5) is 75.7. The van der Waals surface area contributed by atoms with Crippen molar-refractivity contribution in [2.24, 2.45) is 29.6 Å². The number of rotatable bonds is 12. The number of hydrogen-bond acceptors (Lipinski definition) is 13. The molecule has 2 aromatic rings. The van der Waals surface area contributed by atoms with Crippen molar-refractivity contribution in [3.05, 3.63) is 71.8 Å². The molecule has 6 rings (SSSR count). The lowest BCUT2D eigenvalue weighted by Crippen LogP contribution is -2.58. The molecule has 15 nitrogen and oxygen atoms in total. The first-order chi connectivity index (χ1) is 31.8. The Labute approximate surface area is 397 Å². The van der Waals surface area contributed by atoms with E-state index in [1.54, 1.807) is 30.8 Å². The summed E-state index contributed by atoms with van der Waals surface area (Å²) < 4.78 is 44.5. The van der Waals surface area contributed by atoms with Crippen LogP contribution < -0.4 is 0 Å². The topological polar surface area (TPSA) is 160 Å². The highest BCUT2D eigenvalue weighted by atomic mass is 16.7. The molecular formula is C52H75N3O12. The zero-order chi connectivity index (χ0) is 48.8. The fourth-order valence-corrected chi connectivity index (χ4v) is 10.7. The standard InChI is InChI=1S/C52H75N3O12/c1-12-43-52(8)41(26-44(56)67-52)36(6)54(49(59)62-30-37-19-15-13-16-20-37)28-32(2)27-51(7,61-11)46(34(4)45(57)35(5)47(58)65-43)66-48-33(3)42(53(9)10)25-40(64-48)29-55(39-23-24-39)50(60)63-31-38-21-17-14-18-22-38/h13-22,32-36,39-43,46,48H,12,23-31H2,1-11H3/t32-,33-,34+,35?,36-,40+,41-,42?,43-,46-,48+,51-,52+/m1/s1. The first kappa shape index (κ1) is 51.8. The Morgan fingerprint density at radius 3 is 2.06 bits per heavy atom. The molecule has 1 saturated carbocycles. The molecule has 15 heteroatoms. The number of methoxy groups -OCH3 is 1. The number of Topliss-reactive ketones (excluding diaryl/α,β-unsaturated/α-hetero) is 1. The van der Waals surface area contributed by atoms with Gasteiger partial charge in [0.05, 0.1) is 30.8 Å². The maximum absolute atomic E-state index is 14.8. The van der Waals surface area contributed by atoms with Crippen molar-refractivity contribution >= 4 is 29.9 Å². The van der Waals surface area contributed by atoms with Crippen LogP contribution in [0, 0.1) is 29.6 Å². The van der Waals surface area contributed by atoms with Crippen LogP contribution in [0.2, 0.25) is 0 Å². The Hall–Kier alpha value is -4.57. The van der Waals surface area contributed by atoms with Crippen molar-refractivity contribution in [3.63, 3.8) is 0 Å². The molecule has 370 valence electrons. The molecule has 0 spiro atoms. The fraction of sp³-hybridized carbons (Fsp3) is 0.673. The Morgan fingerprint density at radius 2 is 1.49 bits per heavy atom. The largest absolute Gasteiger partial charge is 0.458 e. The second-order valence-electron chi connectivity index (χ2n) is 20.2. The normalized spacial score (nSPS) is 34.3. The van der Waals surface area contributed by atoms with Crippen molar-refractivity contribution in [2.75, 3.05) is 34.3 Å². The van der Waals surface area contributed by atoms with Gasteiger partial charge in [0.1, 0.15) is 25.2 Å². The molecule has 0 N–H and O–H groups in total. The van der Waals surface area contributed by atoms with Gasteiger partial charge in [0.15, 0.2) is 17.7 Å². The second-order valence-corrected chi connectivity index (χ2v) is 20.2. The highest BCUT2D eigenvalue weighted by Gasteiger charge is 2.57. The maximum atomic E-state index is 14.8. The number of hydrogen-bond donors (Lipinski definition) is 0. The summed E-state index contributed by atoms with van der Waals surface area (Å²) in [6.45, 7) is 15.3. The number of fused-ring (bicyclic) bond motifs is 1. The number of esters is 2. The van der Waals surface area contributed by atoms with Crippen LogP contribution in [0.4, 0.5) is 9.59 Å². The van der Waals surface area contributed by atoms with E-state index in [1.165, 1.54) is 6.92 Å². The quantitative estimate of drug-likeness (QED) is 0.115. The number of ether oxygens (including phenoxy) is 7. The summed E-state index contributed by atoms with van der Waals surface area (Å²) in [7, 11) is 5.59. The Kier molecular flexibility index (Phi) is 17.2. The number of nitrogens with zero attached hydrogens (tertiary/aromatic N) is 3. The number of benzene rings is 2. The van der Waals surface area contributed by atoms with Crippen LogP contribution in [0.3, 0.4) is 0 Å². The molecule has 3 saturated heterocycles. The predicted octanol–water partition coefficient (Wildman–Crippen LogP) is 7.81. The second kappa shape index (κ2) is 22.2. The van der Waals surface area contributed by atoms with Crippen molar-refractivity contribution in [2.45, 2.75) is 161 Å². The third-order valence-corrected chi connectivity index (χ3v) is 14.9.